The molecule has 1 aliphatic rings. The summed E-state index contributed by atoms with van der Waals surface area (Å²) in [7, 11) is 0. The summed E-state index contributed by atoms with van der Waals surface area (Å²) < 4.78 is 0.243. The lowest BCUT2D eigenvalue weighted by Crippen LogP contribution is -2.27. The minimum Gasteiger partial charge on any atom is -0.356 e. The molecule has 0 bridgehead atoms. The molecule has 2 atom stereocenters. The third-order valence-electron chi connectivity index (χ3n) is 4.63. The Labute approximate surface area is 148 Å². The summed E-state index contributed by atoms with van der Waals surface area (Å²) in [5, 5.41) is 3.03. The number of nitrogens with one attached hydrogen (secondary N) is 1. The summed E-state index contributed by atoms with van der Waals surface area (Å²) in [5.74, 6) is 0.218. The molecule has 1 N–H and O–H groups in total. The molecule has 126 valence electrons. The maximum atomic E-state index is 12.2. The molecule has 1 fully saturated rings. The summed E-state index contributed by atoms with van der Waals surface area (Å²) in [6.45, 7) is 4.86. The van der Waals surface area contributed by atoms with E-state index in [-0.39, 0.29) is 27.6 Å². The monoisotopic (exact) mass is 354 g/mol. The molecule has 5 heteroatoms. The first kappa shape index (κ1) is 18.3. The average Bonchev–Trinajstić information content (AvgIpc) is 3.03. The fourth-order valence-electron chi connectivity index (χ4n) is 3.10. The van der Waals surface area contributed by atoms with E-state index in [1.807, 2.05) is 24.4 Å². The van der Waals surface area contributed by atoms with Crippen molar-refractivity contribution in [1.82, 2.24) is 10.3 Å². The van der Waals surface area contributed by atoms with E-state index in [1.54, 1.807) is 6.08 Å². The number of hydrogen-bond donors (Lipinski definition) is 1. The van der Waals surface area contributed by atoms with Gasteiger partial charge in [-0.05, 0) is 48.8 Å². The van der Waals surface area contributed by atoms with E-state index in [0.29, 0.717) is 0 Å². The minimum atomic E-state index is -0.0574. The predicted molar refractivity (Wildman–Crippen MR) is 95.4 cm³/mol. The first-order chi connectivity index (χ1) is 10.9. The van der Waals surface area contributed by atoms with Crippen molar-refractivity contribution in [2.24, 2.45) is 17.3 Å². The van der Waals surface area contributed by atoms with Crippen molar-refractivity contribution in [1.29, 1.82) is 0 Å². The standard InChI is InChI=1S/C18H24Cl2N2O/c1-18(2)14(12-15(19)20)16(18)17(23)22-11-6-3-4-8-13-9-5-7-10-21-13/h5,7,9-10,12,14,16H,3-4,6,8,11H2,1-2H3,(H,22,23). The zero-order valence-corrected chi connectivity index (χ0v) is 15.2. The predicted octanol–water partition coefficient (Wildman–Crippen LogP) is 4.50. The Balaban J connectivity index is 1.61. The van der Waals surface area contributed by atoms with Gasteiger partial charge in [0.05, 0.1) is 5.92 Å². The van der Waals surface area contributed by atoms with Gasteiger partial charge in [-0.25, -0.2) is 0 Å². The molecule has 0 aromatic carbocycles. The first-order valence-corrected chi connectivity index (χ1v) is 8.89. The Morgan fingerprint density at radius 1 is 1.30 bits per heavy atom. The number of carbonyl (C=O) groups excluding carboxylic acids is 1. The van der Waals surface area contributed by atoms with Crippen LogP contribution in [0.2, 0.25) is 0 Å². The molecule has 1 aromatic heterocycles. The van der Waals surface area contributed by atoms with Crippen LogP contribution in [0.15, 0.2) is 35.0 Å². The summed E-state index contributed by atoms with van der Waals surface area (Å²) in [6.07, 6.45) is 7.76. The Morgan fingerprint density at radius 3 is 2.74 bits per heavy atom. The zero-order valence-electron chi connectivity index (χ0n) is 13.7. The molecule has 0 spiro atoms. The van der Waals surface area contributed by atoms with Gasteiger partial charge in [0.2, 0.25) is 5.91 Å². The number of rotatable bonds is 8. The number of allylic oxidation sites excluding steroid dienone is 1. The average molecular weight is 355 g/mol. The normalized spacial score (nSPS) is 21.6. The lowest BCUT2D eigenvalue weighted by Gasteiger charge is -2.06. The van der Waals surface area contributed by atoms with Gasteiger partial charge in [-0.1, -0.05) is 49.5 Å². The number of aromatic nitrogens is 1. The molecule has 0 radical (unpaired) electrons. The summed E-state index contributed by atoms with van der Waals surface area (Å²) >= 11 is 11.4. The fraction of sp³-hybridized carbons (Fsp3) is 0.556. The van der Waals surface area contributed by atoms with Crippen molar-refractivity contribution in [3.63, 3.8) is 0 Å². The van der Waals surface area contributed by atoms with Crippen molar-refractivity contribution >= 4 is 29.1 Å². The minimum absolute atomic E-state index is 0.0245. The van der Waals surface area contributed by atoms with Crippen LogP contribution in [0.25, 0.3) is 0 Å². The molecule has 23 heavy (non-hydrogen) atoms. The number of nitrogens with zero attached hydrogens (tertiary/aromatic N) is 1. The third-order valence-corrected chi connectivity index (χ3v) is 4.89. The van der Waals surface area contributed by atoms with Gasteiger partial charge >= 0.3 is 0 Å². The smallest absolute Gasteiger partial charge is 0.224 e. The SMILES string of the molecule is CC1(C)C(C=C(Cl)Cl)C1C(=O)NCCCCCc1ccccn1. The Morgan fingerprint density at radius 2 is 2.09 bits per heavy atom. The van der Waals surface area contributed by atoms with E-state index in [0.717, 1.165) is 37.9 Å². The molecule has 1 aliphatic carbocycles. The fourth-order valence-corrected chi connectivity index (χ4v) is 3.37. The Hall–Kier alpha value is -1.06. The summed E-state index contributed by atoms with van der Waals surface area (Å²) in [4.78, 5) is 16.5. The summed E-state index contributed by atoms with van der Waals surface area (Å²) in [6, 6.07) is 5.99. The second-order valence-electron chi connectivity index (χ2n) is 6.70. The van der Waals surface area contributed by atoms with Gasteiger partial charge in [-0.15, -0.1) is 0 Å². The number of carbonyl (C=O) groups is 1. The molecule has 0 aliphatic heterocycles. The molecule has 1 aromatic rings. The number of hydrogen-bond acceptors (Lipinski definition) is 2. The number of pyridine rings is 1. The molecule has 1 heterocycles. The van der Waals surface area contributed by atoms with Gasteiger partial charge in [0.15, 0.2) is 0 Å². The molecule has 0 saturated heterocycles. The highest BCUT2D eigenvalue weighted by molar-refractivity contribution is 6.55. The Bertz CT molecular complexity index is 553. The molecule has 1 amide bonds. The van der Waals surface area contributed by atoms with Crippen molar-refractivity contribution < 1.29 is 4.79 Å². The number of unbranched alkanes of at least 4 members (excludes halogenated alkanes) is 2. The van der Waals surface area contributed by atoms with Crippen LogP contribution >= 0.6 is 23.2 Å². The largest absolute Gasteiger partial charge is 0.356 e. The van der Waals surface area contributed by atoms with Crippen LogP contribution in [0.1, 0.15) is 38.8 Å². The van der Waals surface area contributed by atoms with Crippen molar-refractivity contribution in [3.05, 3.63) is 40.7 Å². The second-order valence-corrected chi connectivity index (χ2v) is 7.71. The van der Waals surface area contributed by atoms with Gasteiger partial charge in [0.1, 0.15) is 4.49 Å². The Kier molecular flexibility index (Phi) is 6.49. The van der Waals surface area contributed by atoms with Gasteiger partial charge < -0.3 is 5.32 Å². The third kappa shape index (κ3) is 5.22. The second kappa shape index (κ2) is 8.16. The highest BCUT2D eigenvalue weighted by atomic mass is 35.5. The van der Waals surface area contributed by atoms with Crippen LogP contribution in [0.5, 0.6) is 0 Å². The van der Waals surface area contributed by atoms with Crippen LogP contribution < -0.4 is 5.32 Å². The van der Waals surface area contributed by atoms with Gasteiger partial charge in [-0.2, -0.15) is 0 Å². The van der Waals surface area contributed by atoms with Gasteiger partial charge in [0, 0.05) is 18.4 Å². The highest BCUT2D eigenvalue weighted by Gasteiger charge is 2.60. The molecule has 2 unspecified atom stereocenters. The van der Waals surface area contributed by atoms with Crippen molar-refractivity contribution in [2.45, 2.75) is 39.5 Å². The van der Waals surface area contributed by atoms with E-state index in [1.165, 1.54) is 0 Å². The van der Waals surface area contributed by atoms with Gasteiger partial charge in [0.25, 0.3) is 0 Å². The highest BCUT2D eigenvalue weighted by Crippen LogP contribution is 2.59. The number of amides is 1. The van der Waals surface area contributed by atoms with Crippen molar-refractivity contribution in [3.8, 4) is 0 Å². The van der Waals surface area contributed by atoms with Crippen molar-refractivity contribution in [2.75, 3.05) is 6.54 Å². The zero-order chi connectivity index (χ0) is 16.9. The number of aryl methyl sites for hydroxylation is 1. The summed E-state index contributed by atoms with van der Waals surface area (Å²) in [5.41, 5.74) is 1.07. The lowest BCUT2D eigenvalue weighted by molar-refractivity contribution is -0.123. The van der Waals surface area contributed by atoms with Crippen LogP contribution in [0.4, 0.5) is 0 Å². The number of halogens is 2. The molecular formula is C18H24Cl2N2O. The first-order valence-electron chi connectivity index (χ1n) is 8.13. The molecule has 3 nitrogen and oxygen atoms in total. The molecule has 1 saturated carbocycles. The van der Waals surface area contributed by atoms with Crippen LogP contribution in [-0.2, 0) is 11.2 Å². The van der Waals surface area contributed by atoms with E-state index in [4.69, 9.17) is 23.2 Å². The molecule has 2 rings (SSSR count). The van der Waals surface area contributed by atoms with E-state index in [9.17, 15) is 4.79 Å². The molecular weight excluding hydrogens is 331 g/mol. The lowest BCUT2D eigenvalue weighted by atomic mass is 10.1. The van der Waals surface area contributed by atoms with E-state index >= 15 is 0 Å². The van der Waals surface area contributed by atoms with Crippen LogP contribution in [0.3, 0.4) is 0 Å². The quantitative estimate of drug-likeness (QED) is 0.698. The van der Waals surface area contributed by atoms with E-state index < -0.39 is 0 Å². The maximum absolute atomic E-state index is 12.2. The van der Waals surface area contributed by atoms with Gasteiger partial charge in [-0.3, -0.25) is 9.78 Å². The maximum Gasteiger partial charge on any atom is 0.224 e. The van der Waals surface area contributed by atoms with Crippen LogP contribution in [0, 0.1) is 17.3 Å². The van der Waals surface area contributed by atoms with Crippen LogP contribution in [-0.4, -0.2) is 17.4 Å². The topological polar surface area (TPSA) is 42.0 Å². The van der Waals surface area contributed by atoms with E-state index in [2.05, 4.69) is 24.1 Å².